The van der Waals surface area contributed by atoms with Crippen molar-refractivity contribution < 1.29 is 14.3 Å². The van der Waals surface area contributed by atoms with E-state index in [2.05, 4.69) is 14.8 Å². The number of furan rings is 1. The van der Waals surface area contributed by atoms with Crippen LogP contribution in [0.1, 0.15) is 15.9 Å². The summed E-state index contributed by atoms with van der Waals surface area (Å²) in [5.74, 6) is -0.245. The van der Waals surface area contributed by atoms with Crippen molar-refractivity contribution in [2.24, 2.45) is 0 Å². The average molecular weight is 353 g/mol. The molecule has 0 aliphatic rings. The molecule has 0 radical (unpaired) electrons. The van der Waals surface area contributed by atoms with Crippen LogP contribution in [-0.2, 0) is 5.75 Å². The molecule has 0 bridgehead atoms. The Morgan fingerprint density at radius 2 is 2.20 bits per heavy atom. The molecule has 0 spiro atoms. The molecule has 3 aromatic rings. The van der Waals surface area contributed by atoms with Gasteiger partial charge in [0.25, 0.3) is 11.2 Å². The molecule has 0 amide bonds. The van der Waals surface area contributed by atoms with Gasteiger partial charge in [-0.05, 0) is 29.8 Å². The number of thioether (sulfide) groups is 1. The van der Waals surface area contributed by atoms with Gasteiger partial charge in [0.1, 0.15) is 11.5 Å². The summed E-state index contributed by atoms with van der Waals surface area (Å²) in [5.41, 5.74) is 0.483. The van der Waals surface area contributed by atoms with E-state index in [0.717, 1.165) is 5.56 Å². The van der Waals surface area contributed by atoms with Gasteiger partial charge in [-0.2, -0.15) is 0 Å². The largest absolute Gasteiger partial charge is 0.478 e. The second kappa shape index (κ2) is 7.07. The zero-order chi connectivity index (χ0) is 17.8. The molecule has 2 heterocycles. The lowest BCUT2D eigenvalue weighted by Crippen LogP contribution is -2.09. The van der Waals surface area contributed by atoms with Crippen molar-refractivity contribution in [2.45, 2.75) is 10.9 Å². The first kappa shape index (κ1) is 16.5. The summed E-state index contributed by atoms with van der Waals surface area (Å²) in [4.78, 5) is 33.2. The van der Waals surface area contributed by atoms with E-state index in [1.165, 1.54) is 24.1 Å². The Morgan fingerprint density at radius 1 is 1.36 bits per heavy atom. The number of hydrogen-bond acceptors (Lipinski definition) is 5. The van der Waals surface area contributed by atoms with Gasteiger partial charge in [0.2, 0.25) is 0 Å². The molecule has 0 aliphatic heterocycles. The summed E-state index contributed by atoms with van der Waals surface area (Å²) in [7, 11) is 0. The van der Waals surface area contributed by atoms with Crippen LogP contribution in [0, 0.1) is 6.57 Å². The first-order chi connectivity index (χ1) is 12.1. The summed E-state index contributed by atoms with van der Waals surface area (Å²) in [6.07, 6.45) is 1.44. The maximum absolute atomic E-state index is 12.1. The zero-order valence-corrected chi connectivity index (χ0v) is 13.5. The average Bonchev–Trinajstić information content (AvgIpc) is 3.14. The number of H-pyrrole nitrogens is 1. The number of aromatic amines is 1. The molecule has 25 heavy (non-hydrogen) atoms. The van der Waals surface area contributed by atoms with Crippen LogP contribution in [0.2, 0.25) is 0 Å². The molecule has 0 unspecified atom stereocenters. The Labute approximate surface area is 146 Å². The number of hydrogen-bond donors (Lipinski definition) is 2. The molecule has 2 N–H and O–H groups in total. The third-order valence-electron chi connectivity index (χ3n) is 3.29. The van der Waals surface area contributed by atoms with Crippen molar-refractivity contribution in [3.63, 3.8) is 0 Å². The molecule has 8 heteroatoms. The van der Waals surface area contributed by atoms with E-state index in [4.69, 9.17) is 16.1 Å². The minimum atomic E-state index is -1.00. The molecule has 0 aliphatic carbocycles. The van der Waals surface area contributed by atoms with Crippen LogP contribution in [0.5, 0.6) is 0 Å². The summed E-state index contributed by atoms with van der Waals surface area (Å²) in [6, 6.07) is 9.80. The van der Waals surface area contributed by atoms with E-state index in [-0.39, 0.29) is 16.9 Å². The lowest BCUT2D eigenvalue weighted by Gasteiger charge is -2.05. The fourth-order valence-corrected chi connectivity index (χ4v) is 2.95. The van der Waals surface area contributed by atoms with Crippen molar-refractivity contribution in [2.75, 3.05) is 0 Å². The Morgan fingerprint density at radius 3 is 2.88 bits per heavy atom. The Hall–Kier alpha value is -3.31. The summed E-state index contributed by atoms with van der Waals surface area (Å²) < 4.78 is 5.24. The number of aromatic carboxylic acids is 1. The Balaban J connectivity index is 1.89. The normalized spacial score (nSPS) is 10.4. The van der Waals surface area contributed by atoms with Crippen LogP contribution < -0.4 is 5.56 Å². The second-order valence-corrected chi connectivity index (χ2v) is 5.92. The van der Waals surface area contributed by atoms with E-state index < -0.39 is 11.5 Å². The van der Waals surface area contributed by atoms with Crippen LogP contribution in [-0.4, -0.2) is 21.0 Å². The van der Waals surface area contributed by atoms with Crippen molar-refractivity contribution in [3.05, 3.63) is 75.6 Å². The maximum Gasteiger partial charge on any atom is 0.335 e. The van der Waals surface area contributed by atoms with Gasteiger partial charge in [0.05, 0.1) is 18.4 Å². The molecular weight excluding hydrogens is 342 g/mol. The summed E-state index contributed by atoms with van der Waals surface area (Å²) in [5, 5.41) is 9.35. The molecule has 1 aromatic carbocycles. The smallest absolute Gasteiger partial charge is 0.335 e. The lowest BCUT2D eigenvalue weighted by atomic mass is 10.1. The first-order valence-electron chi connectivity index (χ1n) is 7.09. The monoisotopic (exact) mass is 353 g/mol. The number of rotatable bonds is 5. The van der Waals surface area contributed by atoms with Gasteiger partial charge in [0, 0.05) is 5.75 Å². The van der Waals surface area contributed by atoms with Gasteiger partial charge in [0.15, 0.2) is 5.16 Å². The molecule has 0 saturated carbocycles. The van der Waals surface area contributed by atoms with E-state index >= 15 is 0 Å². The van der Waals surface area contributed by atoms with Gasteiger partial charge in [-0.15, -0.1) is 0 Å². The fourth-order valence-electron chi connectivity index (χ4n) is 2.15. The van der Waals surface area contributed by atoms with Crippen molar-refractivity contribution in [3.8, 4) is 11.5 Å². The van der Waals surface area contributed by atoms with Crippen LogP contribution in [0.3, 0.4) is 0 Å². The highest BCUT2D eigenvalue weighted by atomic mass is 32.2. The van der Waals surface area contributed by atoms with Gasteiger partial charge in [-0.25, -0.2) is 14.6 Å². The van der Waals surface area contributed by atoms with Crippen LogP contribution in [0.15, 0.2) is 57.0 Å². The standard InChI is InChI=1S/C17H11N3O4S/c1-18-14-13(12-6-3-7-24-12)19-17(20-15(14)21)25-9-10-4-2-5-11(8-10)16(22)23/h2-8H,9H2,(H,22,23)(H,19,20,21). The fraction of sp³-hybridized carbons (Fsp3) is 0.0588. The third-order valence-corrected chi connectivity index (χ3v) is 4.23. The minimum absolute atomic E-state index is 0.132. The van der Waals surface area contributed by atoms with Gasteiger partial charge in [-0.1, -0.05) is 23.9 Å². The molecule has 0 fully saturated rings. The number of carboxylic acid groups (broad SMARTS) is 1. The predicted molar refractivity (Wildman–Crippen MR) is 91.8 cm³/mol. The summed E-state index contributed by atoms with van der Waals surface area (Å²) in [6.45, 7) is 7.16. The highest BCUT2D eigenvalue weighted by Gasteiger charge is 2.16. The lowest BCUT2D eigenvalue weighted by molar-refractivity contribution is 0.0697. The number of nitrogens with zero attached hydrogens (tertiary/aromatic N) is 2. The number of nitrogens with one attached hydrogen (secondary N) is 1. The predicted octanol–water partition coefficient (Wildman–Crippen LogP) is 3.57. The molecule has 0 saturated heterocycles. The summed E-state index contributed by atoms with van der Waals surface area (Å²) >= 11 is 1.23. The second-order valence-electron chi connectivity index (χ2n) is 4.95. The van der Waals surface area contributed by atoms with Crippen LogP contribution in [0.25, 0.3) is 16.3 Å². The van der Waals surface area contributed by atoms with Crippen molar-refractivity contribution in [1.82, 2.24) is 9.97 Å². The Kier molecular flexibility index (Phi) is 4.68. The highest BCUT2D eigenvalue weighted by Crippen LogP contribution is 2.28. The van der Waals surface area contributed by atoms with Crippen molar-refractivity contribution in [1.29, 1.82) is 0 Å². The van der Waals surface area contributed by atoms with Gasteiger partial charge in [-0.3, -0.25) is 4.79 Å². The topological polar surface area (TPSA) is 101 Å². The number of carboxylic acids is 1. The molecule has 7 nitrogen and oxygen atoms in total. The van der Waals surface area contributed by atoms with Gasteiger partial charge < -0.3 is 14.5 Å². The van der Waals surface area contributed by atoms with Crippen LogP contribution >= 0.6 is 11.8 Å². The van der Waals surface area contributed by atoms with E-state index in [9.17, 15) is 9.59 Å². The maximum atomic E-state index is 12.1. The number of aromatic nitrogens is 2. The van der Waals surface area contributed by atoms with Crippen molar-refractivity contribution >= 4 is 23.4 Å². The molecule has 2 aromatic heterocycles. The molecule has 0 atom stereocenters. The molecular formula is C17H11N3O4S. The van der Waals surface area contributed by atoms with E-state index in [1.54, 1.807) is 30.3 Å². The molecule has 124 valence electrons. The van der Waals surface area contributed by atoms with Crippen LogP contribution in [0.4, 0.5) is 5.69 Å². The quantitative estimate of drug-likeness (QED) is 0.413. The van der Waals surface area contributed by atoms with E-state index in [1.807, 2.05) is 0 Å². The van der Waals surface area contributed by atoms with Gasteiger partial charge >= 0.3 is 5.97 Å². The highest BCUT2D eigenvalue weighted by molar-refractivity contribution is 7.98. The minimum Gasteiger partial charge on any atom is -0.478 e. The SMILES string of the molecule is [C-]#[N+]c1c(-c2ccco2)nc(SCc2cccc(C(=O)O)c2)[nH]c1=O. The van der Waals surface area contributed by atoms with E-state index in [0.29, 0.717) is 16.7 Å². The molecule has 3 rings (SSSR count). The zero-order valence-electron chi connectivity index (χ0n) is 12.7. The third kappa shape index (κ3) is 3.62. The first-order valence-corrected chi connectivity index (χ1v) is 8.07. The Bertz CT molecular complexity index is 1020. The number of benzene rings is 1. The number of carbonyl (C=O) groups is 1.